The van der Waals surface area contributed by atoms with Crippen molar-refractivity contribution in [2.24, 2.45) is 0 Å². The summed E-state index contributed by atoms with van der Waals surface area (Å²) in [5, 5.41) is 4.40. The molecule has 0 radical (unpaired) electrons. The highest BCUT2D eigenvalue weighted by molar-refractivity contribution is 6.42. The SMILES string of the molecule is COc1ccccc1N1CCN(C(=O)C(COCc2ccc(Cl)c(Cl)c2)NCc2ccccc2)CC1.Cl. The molecular weight excluding hydrogens is 533 g/mol. The summed E-state index contributed by atoms with van der Waals surface area (Å²) in [6.07, 6.45) is 0. The normalized spacial score (nSPS) is 14.1. The van der Waals surface area contributed by atoms with E-state index in [1.165, 1.54) is 0 Å². The molecular formula is C28H32Cl3N3O3. The lowest BCUT2D eigenvalue weighted by molar-refractivity contribution is -0.135. The summed E-state index contributed by atoms with van der Waals surface area (Å²) < 4.78 is 11.5. The fourth-order valence-corrected chi connectivity index (χ4v) is 4.58. The van der Waals surface area contributed by atoms with Gasteiger partial charge >= 0.3 is 0 Å². The van der Waals surface area contributed by atoms with Crippen molar-refractivity contribution in [3.05, 3.63) is 94.0 Å². The van der Waals surface area contributed by atoms with Crippen molar-refractivity contribution in [3.8, 4) is 5.75 Å². The number of halogens is 3. The zero-order valence-corrected chi connectivity index (χ0v) is 23.1. The Morgan fingerprint density at radius 1 is 0.919 bits per heavy atom. The van der Waals surface area contributed by atoms with Gasteiger partial charge in [-0.2, -0.15) is 0 Å². The number of nitrogens with one attached hydrogen (secondary N) is 1. The molecule has 1 aliphatic rings. The lowest BCUT2D eigenvalue weighted by atomic mass is 10.1. The van der Waals surface area contributed by atoms with Gasteiger partial charge in [-0.1, -0.05) is 71.7 Å². The molecule has 4 rings (SSSR count). The van der Waals surface area contributed by atoms with E-state index < -0.39 is 6.04 Å². The second-order valence-corrected chi connectivity index (χ2v) is 9.48. The number of piperazine rings is 1. The number of benzene rings is 3. The molecule has 1 unspecified atom stereocenters. The molecule has 3 aromatic rings. The zero-order valence-electron chi connectivity index (χ0n) is 20.7. The first kappa shape index (κ1) is 29.1. The second kappa shape index (κ2) is 14.5. The molecule has 0 aliphatic carbocycles. The van der Waals surface area contributed by atoms with Gasteiger partial charge in [-0.05, 0) is 35.4 Å². The number of anilines is 1. The highest BCUT2D eigenvalue weighted by atomic mass is 35.5. The maximum Gasteiger partial charge on any atom is 0.242 e. The largest absolute Gasteiger partial charge is 0.495 e. The molecule has 1 amide bonds. The number of carbonyl (C=O) groups is 1. The summed E-state index contributed by atoms with van der Waals surface area (Å²) in [5.41, 5.74) is 3.07. The standard InChI is InChI=1S/C28H31Cl2N3O3.ClH/c1-35-27-10-6-5-9-26(27)32-13-15-33(16-14-32)28(34)25(31-18-21-7-3-2-4-8-21)20-36-19-22-11-12-23(29)24(30)17-22;/h2-12,17,25,31H,13-16,18-20H2,1H3;1H. The first-order valence-electron chi connectivity index (χ1n) is 12.0. The number of amides is 1. The van der Waals surface area contributed by atoms with Crippen LogP contribution in [-0.4, -0.2) is 56.7 Å². The number of nitrogens with zero attached hydrogens (tertiary/aromatic N) is 2. The fourth-order valence-electron chi connectivity index (χ4n) is 4.26. The van der Waals surface area contributed by atoms with Crippen molar-refractivity contribution in [1.29, 1.82) is 0 Å². The predicted molar refractivity (Wildman–Crippen MR) is 152 cm³/mol. The van der Waals surface area contributed by atoms with Crippen molar-refractivity contribution in [2.45, 2.75) is 19.2 Å². The van der Waals surface area contributed by atoms with Gasteiger partial charge in [0.25, 0.3) is 0 Å². The summed E-state index contributed by atoms with van der Waals surface area (Å²) >= 11 is 12.1. The lowest BCUT2D eigenvalue weighted by Crippen LogP contribution is -2.55. The third-order valence-corrected chi connectivity index (χ3v) is 6.99. The Morgan fingerprint density at radius 2 is 1.62 bits per heavy atom. The summed E-state index contributed by atoms with van der Waals surface area (Å²) in [7, 11) is 1.68. The van der Waals surface area contributed by atoms with Crippen LogP contribution in [0.3, 0.4) is 0 Å². The van der Waals surface area contributed by atoms with E-state index in [4.69, 9.17) is 32.7 Å². The van der Waals surface area contributed by atoms with Crippen LogP contribution in [0.25, 0.3) is 0 Å². The molecule has 198 valence electrons. The highest BCUT2D eigenvalue weighted by Gasteiger charge is 2.28. The molecule has 3 aromatic carbocycles. The van der Waals surface area contributed by atoms with Crippen LogP contribution in [0.2, 0.25) is 10.0 Å². The monoisotopic (exact) mass is 563 g/mol. The van der Waals surface area contributed by atoms with Gasteiger partial charge in [-0.15, -0.1) is 12.4 Å². The van der Waals surface area contributed by atoms with Crippen LogP contribution in [-0.2, 0) is 22.7 Å². The minimum Gasteiger partial charge on any atom is -0.495 e. The third-order valence-electron chi connectivity index (χ3n) is 6.25. The summed E-state index contributed by atoms with van der Waals surface area (Å²) in [6, 6.07) is 23.0. The molecule has 1 saturated heterocycles. The predicted octanol–water partition coefficient (Wildman–Crippen LogP) is 5.45. The average molecular weight is 565 g/mol. The summed E-state index contributed by atoms with van der Waals surface area (Å²) in [6.45, 7) is 3.91. The highest BCUT2D eigenvalue weighted by Crippen LogP contribution is 2.28. The topological polar surface area (TPSA) is 54.0 Å². The Morgan fingerprint density at radius 3 is 2.32 bits per heavy atom. The molecule has 37 heavy (non-hydrogen) atoms. The smallest absolute Gasteiger partial charge is 0.242 e. The Kier molecular flexibility index (Phi) is 11.4. The number of rotatable bonds is 10. The molecule has 9 heteroatoms. The van der Waals surface area contributed by atoms with Gasteiger partial charge in [0.2, 0.25) is 5.91 Å². The van der Waals surface area contributed by atoms with E-state index in [-0.39, 0.29) is 24.9 Å². The molecule has 1 fully saturated rings. The Hall–Kier alpha value is -2.48. The van der Waals surface area contributed by atoms with Gasteiger partial charge in [0.1, 0.15) is 11.8 Å². The van der Waals surface area contributed by atoms with E-state index in [9.17, 15) is 4.79 Å². The first-order valence-corrected chi connectivity index (χ1v) is 12.8. The Balaban J connectivity index is 0.00000380. The molecule has 1 atom stereocenters. The van der Waals surface area contributed by atoms with E-state index in [1.54, 1.807) is 19.2 Å². The Labute approximate surface area is 234 Å². The maximum absolute atomic E-state index is 13.5. The zero-order chi connectivity index (χ0) is 25.3. The van der Waals surface area contributed by atoms with Gasteiger partial charge in [-0.25, -0.2) is 0 Å². The van der Waals surface area contributed by atoms with E-state index in [2.05, 4.69) is 16.3 Å². The first-order chi connectivity index (χ1) is 17.5. The second-order valence-electron chi connectivity index (χ2n) is 8.67. The van der Waals surface area contributed by atoms with Gasteiger partial charge in [-0.3, -0.25) is 10.1 Å². The average Bonchev–Trinajstić information content (AvgIpc) is 2.92. The fraction of sp³-hybridized carbons (Fsp3) is 0.321. The van der Waals surface area contributed by atoms with Crippen LogP contribution in [0, 0.1) is 0 Å². The third kappa shape index (κ3) is 8.00. The molecule has 1 aliphatic heterocycles. The lowest BCUT2D eigenvalue weighted by Gasteiger charge is -2.38. The van der Waals surface area contributed by atoms with E-state index in [1.807, 2.05) is 59.5 Å². The number of carbonyl (C=O) groups excluding carboxylic acids is 1. The van der Waals surface area contributed by atoms with Crippen molar-refractivity contribution in [2.75, 3.05) is 44.8 Å². The minimum absolute atomic E-state index is 0. The number of para-hydroxylation sites is 2. The van der Waals surface area contributed by atoms with Crippen molar-refractivity contribution < 1.29 is 14.3 Å². The number of hydrogen-bond donors (Lipinski definition) is 1. The molecule has 0 aromatic heterocycles. The van der Waals surface area contributed by atoms with Gasteiger partial charge < -0.3 is 19.3 Å². The maximum atomic E-state index is 13.5. The van der Waals surface area contributed by atoms with Gasteiger partial charge in [0.05, 0.1) is 36.1 Å². The van der Waals surface area contributed by atoms with Crippen LogP contribution >= 0.6 is 35.6 Å². The van der Waals surface area contributed by atoms with Crippen LogP contribution in [0.5, 0.6) is 5.75 Å². The van der Waals surface area contributed by atoms with E-state index in [0.29, 0.717) is 36.3 Å². The van der Waals surface area contributed by atoms with Crippen LogP contribution < -0.4 is 15.0 Å². The van der Waals surface area contributed by atoms with Crippen molar-refractivity contribution in [1.82, 2.24) is 10.2 Å². The van der Waals surface area contributed by atoms with E-state index >= 15 is 0 Å². The Bertz CT molecular complexity index is 1140. The number of ether oxygens (including phenoxy) is 2. The summed E-state index contributed by atoms with van der Waals surface area (Å²) in [5.74, 6) is 0.884. The summed E-state index contributed by atoms with van der Waals surface area (Å²) in [4.78, 5) is 17.7. The van der Waals surface area contributed by atoms with Crippen LogP contribution in [0.15, 0.2) is 72.8 Å². The van der Waals surface area contributed by atoms with Crippen molar-refractivity contribution >= 4 is 47.2 Å². The number of hydrogen-bond acceptors (Lipinski definition) is 5. The molecule has 0 spiro atoms. The quantitative estimate of drug-likeness (QED) is 0.355. The number of methoxy groups -OCH3 is 1. The molecule has 0 bridgehead atoms. The van der Waals surface area contributed by atoms with E-state index in [0.717, 1.165) is 35.7 Å². The van der Waals surface area contributed by atoms with Crippen molar-refractivity contribution in [3.63, 3.8) is 0 Å². The molecule has 1 heterocycles. The van der Waals surface area contributed by atoms with Gasteiger partial charge in [0.15, 0.2) is 0 Å². The molecule has 0 saturated carbocycles. The van der Waals surface area contributed by atoms with Gasteiger partial charge in [0, 0.05) is 32.7 Å². The van der Waals surface area contributed by atoms with Crippen LogP contribution in [0.4, 0.5) is 5.69 Å². The molecule has 6 nitrogen and oxygen atoms in total. The molecule has 1 N–H and O–H groups in total. The van der Waals surface area contributed by atoms with Crippen LogP contribution in [0.1, 0.15) is 11.1 Å². The minimum atomic E-state index is -0.467.